The van der Waals surface area contributed by atoms with Gasteiger partial charge >= 0.3 is 0 Å². The Morgan fingerprint density at radius 2 is 2.05 bits per heavy atom. The molecule has 0 N–H and O–H groups in total. The average molecular weight is 326 g/mol. The van der Waals surface area contributed by atoms with Crippen molar-refractivity contribution in [1.82, 2.24) is 4.98 Å². The van der Waals surface area contributed by atoms with Crippen LogP contribution in [0.25, 0.3) is 0 Å². The largest absolute Gasteiger partial charge is 0.489 e. The Hall–Kier alpha value is -1.65. The van der Waals surface area contributed by atoms with E-state index in [4.69, 9.17) is 37.4 Å². The Morgan fingerprint density at radius 3 is 2.90 bits per heavy atom. The molecule has 0 radical (unpaired) electrons. The van der Waals surface area contributed by atoms with Crippen LogP contribution in [0.15, 0.2) is 30.5 Å². The van der Waals surface area contributed by atoms with Gasteiger partial charge in [-0.25, -0.2) is 4.98 Å². The van der Waals surface area contributed by atoms with E-state index in [0.29, 0.717) is 47.2 Å². The number of benzene rings is 1. The maximum absolute atomic E-state index is 6.23. The zero-order valence-corrected chi connectivity index (χ0v) is 12.7. The van der Waals surface area contributed by atoms with Gasteiger partial charge in [-0.1, -0.05) is 23.2 Å². The lowest BCUT2D eigenvalue weighted by Gasteiger charge is -2.12. The number of fused-ring (bicyclic) bond motifs is 1. The number of halogens is 2. The standard InChI is InChI=1S/C15H13Cl2NO3/c16-11-7-10(8-13-14(11)20-6-2-5-19-13)9-21-12-3-1-4-18-15(12)17/h1,3-4,7-8H,2,5-6,9H2. The summed E-state index contributed by atoms with van der Waals surface area (Å²) in [6.07, 6.45) is 2.45. The Bertz CT molecular complexity index is 649. The van der Waals surface area contributed by atoms with Gasteiger partial charge in [0, 0.05) is 12.6 Å². The molecule has 2 heterocycles. The SMILES string of the molecule is Clc1cc(COc2cccnc2Cl)cc2c1OCCCO2. The Labute approximate surface area is 132 Å². The second-order valence-corrected chi connectivity index (χ2v) is 5.30. The highest BCUT2D eigenvalue weighted by molar-refractivity contribution is 6.32. The molecule has 0 saturated carbocycles. The van der Waals surface area contributed by atoms with Crippen LogP contribution in [0.1, 0.15) is 12.0 Å². The summed E-state index contributed by atoms with van der Waals surface area (Å²) in [6, 6.07) is 7.21. The monoisotopic (exact) mass is 325 g/mol. The van der Waals surface area contributed by atoms with Crippen LogP contribution in [-0.2, 0) is 6.61 Å². The summed E-state index contributed by atoms with van der Waals surface area (Å²) in [5.74, 6) is 1.77. The van der Waals surface area contributed by atoms with Gasteiger partial charge < -0.3 is 14.2 Å². The molecule has 4 nitrogen and oxygen atoms in total. The van der Waals surface area contributed by atoms with Gasteiger partial charge in [0.25, 0.3) is 0 Å². The van der Waals surface area contributed by atoms with E-state index in [1.165, 1.54) is 0 Å². The molecule has 1 aliphatic heterocycles. The molecular weight excluding hydrogens is 313 g/mol. The first-order valence-corrected chi connectivity index (χ1v) is 7.31. The molecule has 1 aliphatic rings. The molecule has 0 saturated heterocycles. The van der Waals surface area contributed by atoms with Crippen LogP contribution in [0.2, 0.25) is 10.2 Å². The fourth-order valence-corrected chi connectivity index (χ4v) is 2.47. The van der Waals surface area contributed by atoms with Gasteiger partial charge in [0.05, 0.1) is 18.2 Å². The normalized spacial score (nSPS) is 13.6. The molecule has 21 heavy (non-hydrogen) atoms. The molecule has 1 aromatic heterocycles. The second kappa shape index (κ2) is 6.41. The van der Waals surface area contributed by atoms with Crippen molar-refractivity contribution >= 4 is 23.2 Å². The zero-order chi connectivity index (χ0) is 14.7. The maximum Gasteiger partial charge on any atom is 0.179 e. The molecule has 0 atom stereocenters. The van der Waals surface area contributed by atoms with Crippen LogP contribution in [0, 0.1) is 0 Å². The molecule has 0 bridgehead atoms. The zero-order valence-electron chi connectivity index (χ0n) is 11.1. The summed E-state index contributed by atoms with van der Waals surface area (Å²) in [5, 5.41) is 0.850. The summed E-state index contributed by atoms with van der Waals surface area (Å²) in [6.45, 7) is 1.54. The molecule has 1 aromatic carbocycles. The molecular formula is C15H13Cl2NO3. The van der Waals surface area contributed by atoms with E-state index in [1.54, 1.807) is 24.4 Å². The van der Waals surface area contributed by atoms with Crippen LogP contribution in [0.5, 0.6) is 17.2 Å². The first kappa shape index (κ1) is 14.3. The minimum Gasteiger partial charge on any atom is -0.489 e. The van der Waals surface area contributed by atoms with E-state index in [2.05, 4.69) is 4.98 Å². The van der Waals surface area contributed by atoms with Crippen molar-refractivity contribution in [3.8, 4) is 17.2 Å². The van der Waals surface area contributed by atoms with Crippen LogP contribution in [-0.4, -0.2) is 18.2 Å². The van der Waals surface area contributed by atoms with Crippen LogP contribution in [0.3, 0.4) is 0 Å². The fraction of sp³-hybridized carbons (Fsp3) is 0.267. The molecule has 6 heteroatoms. The predicted molar refractivity (Wildman–Crippen MR) is 80.6 cm³/mol. The van der Waals surface area contributed by atoms with Crippen molar-refractivity contribution < 1.29 is 14.2 Å². The Balaban J connectivity index is 1.79. The summed E-state index contributed by atoms with van der Waals surface area (Å²) < 4.78 is 16.9. The van der Waals surface area contributed by atoms with Gasteiger partial charge in [0.2, 0.25) is 0 Å². The van der Waals surface area contributed by atoms with Crippen molar-refractivity contribution in [2.75, 3.05) is 13.2 Å². The lowest BCUT2D eigenvalue weighted by atomic mass is 10.2. The van der Waals surface area contributed by atoms with Gasteiger partial charge in [0.15, 0.2) is 22.4 Å². The molecule has 0 aliphatic carbocycles. The van der Waals surface area contributed by atoms with E-state index < -0.39 is 0 Å². The van der Waals surface area contributed by atoms with Gasteiger partial charge in [0.1, 0.15) is 6.61 Å². The summed E-state index contributed by atoms with van der Waals surface area (Å²) in [5.41, 5.74) is 0.879. The van der Waals surface area contributed by atoms with Crippen molar-refractivity contribution in [2.24, 2.45) is 0 Å². The minimum atomic E-state index is 0.321. The van der Waals surface area contributed by atoms with Crippen LogP contribution >= 0.6 is 23.2 Å². The quantitative estimate of drug-likeness (QED) is 0.795. The Morgan fingerprint density at radius 1 is 1.19 bits per heavy atom. The van der Waals surface area contributed by atoms with Crippen molar-refractivity contribution in [1.29, 1.82) is 0 Å². The van der Waals surface area contributed by atoms with Crippen LogP contribution in [0.4, 0.5) is 0 Å². The highest BCUT2D eigenvalue weighted by atomic mass is 35.5. The lowest BCUT2D eigenvalue weighted by Crippen LogP contribution is -1.99. The van der Waals surface area contributed by atoms with E-state index in [9.17, 15) is 0 Å². The Kier molecular flexibility index (Phi) is 4.36. The van der Waals surface area contributed by atoms with Gasteiger partial charge in [-0.2, -0.15) is 0 Å². The summed E-state index contributed by atoms with van der Waals surface area (Å²) in [7, 11) is 0. The van der Waals surface area contributed by atoms with Gasteiger partial charge in [-0.15, -0.1) is 0 Å². The summed E-state index contributed by atoms with van der Waals surface area (Å²) >= 11 is 12.2. The minimum absolute atomic E-state index is 0.321. The van der Waals surface area contributed by atoms with Gasteiger partial charge in [-0.3, -0.25) is 0 Å². The number of pyridine rings is 1. The van der Waals surface area contributed by atoms with E-state index in [0.717, 1.165) is 12.0 Å². The number of aromatic nitrogens is 1. The highest BCUT2D eigenvalue weighted by Crippen LogP contribution is 2.38. The maximum atomic E-state index is 6.23. The van der Waals surface area contributed by atoms with E-state index in [-0.39, 0.29) is 0 Å². The third-order valence-electron chi connectivity index (χ3n) is 2.98. The van der Waals surface area contributed by atoms with E-state index >= 15 is 0 Å². The highest BCUT2D eigenvalue weighted by Gasteiger charge is 2.16. The number of ether oxygens (including phenoxy) is 3. The van der Waals surface area contributed by atoms with Crippen molar-refractivity contribution in [3.05, 3.63) is 46.2 Å². The second-order valence-electron chi connectivity index (χ2n) is 4.54. The number of hydrogen-bond donors (Lipinski definition) is 0. The third kappa shape index (κ3) is 3.34. The van der Waals surface area contributed by atoms with Gasteiger partial charge in [-0.05, 0) is 29.8 Å². The summed E-state index contributed by atoms with van der Waals surface area (Å²) in [4.78, 5) is 3.96. The fourth-order valence-electron chi connectivity index (χ4n) is 2.01. The van der Waals surface area contributed by atoms with E-state index in [1.807, 2.05) is 6.07 Å². The lowest BCUT2D eigenvalue weighted by molar-refractivity contribution is 0.295. The smallest absolute Gasteiger partial charge is 0.179 e. The van der Waals surface area contributed by atoms with Crippen LogP contribution < -0.4 is 14.2 Å². The first-order valence-electron chi connectivity index (χ1n) is 6.55. The molecule has 0 unspecified atom stereocenters. The molecule has 110 valence electrons. The number of rotatable bonds is 3. The topological polar surface area (TPSA) is 40.6 Å². The third-order valence-corrected chi connectivity index (χ3v) is 3.55. The predicted octanol–water partition coefficient (Wildman–Crippen LogP) is 4.13. The molecule has 2 aromatic rings. The molecule has 0 fully saturated rings. The average Bonchev–Trinajstić information content (AvgIpc) is 2.72. The number of hydrogen-bond acceptors (Lipinski definition) is 4. The van der Waals surface area contributed by atoms with Crippen molar-refractivity contribution in [2.45, 2.75) is 13.0 Å². The molecule has 3 rings (SSSR count). The first-order chi connectivity index (χ1) is 10.2. The number of nitrogens with zero attached hydrogens (tertiary/aromatic N) is 1. The molecule has 0 amide bonds. The molecule has 0 spiro atoms. The van der Waals surface area contributed by atoms with Crippen molar-refractivity contribution in [3.63, 3.8) is 0 Å².